The van der Waals surface area contributed by atoms with Gasteiger partial charge in [-0.25, -0.2) is 0 Å². The molecule has 0 aromatic rings. The van der Waals surface area contributed by atoms with E-state index >= 15 is 0 Å². The average Bonchev–Trinajstić information content (AvgIpc) is 2.22. The van der Waals surface area contributed by atoms with Gasteiger partial charge in [0.1, 0.15) is 0 Å². The first-order valence-electron chi connectivity index (χ1n) is 7.76. The molecule has 0 aliphatic heterocycles. The minimum atomic E-state index is -0.676. The van der Waals surface area contributed by atoms with Crippen molar-refractivity contribution in [1.82, 2.24) is 0 Å². The molecule has 0 aromatic carbocycles. The van der Waals surface area contributed by atoms with E-state index in [0.29, 0.717) is 12.3 Å². The van der Waals surface area contributed by atoms with Crippen LogP contribution in [0.5, 0.6) is 0 Å². The van der Waals surface area contributed by atoms with Crippen molar-refractivity contribution in [2.45, 2.75) is 82.5 Å². The lowest BCUT2D eigenvalue weighted by atomic mass is 9.50. The summed E-state index contributed by atoms with van der Waals surface area (Å²) in [5.74, 6) is 0.441. The standard InChI is InChI=1S/C16H28O3/c1-4-13(2,3)11-19-16-7-12-5-14(17,9-16)8-15(18,6-12)10-16/h12,17-18H,4-11H2,1-3H3. The number of hydrogen-bond acceptors (Lipinski definition) is 3. The summed E-state index contributed by atoms with van der Waals surface area (Å²) in [6.07, 6.45) is 5.82. The minimum absolute atomic E-state index is 0.175. The maximum Gasteiger partial charge on any atom is 0.0740 e. The highest BCUT2D eigenvalue weighted by atomic mass is 16.5. The summed E-state index contributed by atoms with van der Waals surface area (Å²) in [5.41, 5.74) is -1.45. The van der Waals surface area contributed by atoms with Crippen LogP contribution in [-0.2, 0) is 4.74 Å². The first-order valence-corrected chi connectivity index (χ1v) is 7.76. The van der Waals surface area contributed by atoms with Gasteiger partial charge in [-0.15, -0.1) is 0 Å². The molecule has 110 valence electrons. The molecule has 0 aromatic heterocycles. The zero-order chi connectivity index (χ0) is 13.9. The molecule has 4 aliphatic rings. The number of aliphatic hydroxyl groups is 2. The van der Waals surface area contributed by atoms with E-state index in [0.717, 1.165) is 45.1 Å². The van der Waals surface area contributed by atoms with E-state index in [4.69, 9.17) is 4.74 Å². The van der Waals surface area contributed by atoms with Gasteiger partial charge in [0.05, 0.1) is 23.4 Å². The second kappa shape index (κ2) is 3.96. The Hall–Kier alpha value is -0.120. The molecule has 2 atom stereocenters. The molecule has 4 aliphatic carbocycles. The van der Waals surface area contributed by atoms with Crippen LogP contribution in [-0.4, -0.2) is 33.6 Å². The van der Waals surface area contributed by atoms with Crippen LogP contribution in [0.15, 0.2) is 0 Å². The Labute approximate surface area is 116 Å². The molecule has 3 heteroatoms. The second-order valence-corrected chi connectivity index (χ2v) is 8.45. The molecule has 0 spiro atoms. The minimum Gasteiger partial charge on any atom is -0.390 e. The molecule has 4 saturated carbocycles. The molecule has 0 radical (unpaired) electrons. The number of hydrogen-bond donors (Lipinski definition) is 2. The van der Waals surface area contributed by atoms with Gasteiger partial charge in [0.15, 0.2) is 0 Å². The van der Waals surface area contributed by atoms with E-state index in [1.54, 1.807) is 0 Å². The van der Waals surface area contributed by atoms with E-state index in [1.165, 1.54) is 0 Å². The van der Waals surface area contributed by atoms with Crippen molar-refractivity contribution in [3.63, 3.8) is 0 Å². The molecule has 0 heterocycles. The van der Waals surface area contributed by atoms with Crippen molar-refractivity contribution in [2.75, 3.05) is 6.61 Å². The highest BCUT2D eigenvalue weighted by Crippen LogP contribution is 2.60. The van der Waals surface area contributed by atoms with Gasteiger partial charge in [-0.05, 0) is 37.0 Å². The van der Waals surface area contributed by atoms with E-state index in [-0.39, 0.29) is 11.0 Å². The van der Waals surface area contributed by atoms with E-state index in [9.17, 15) is 10.2 Å². The molecule has 19 heavy (non-hydrogen) atoms. The summed E-state index contributed by atoms with van der Waals surface area (Å²) in [7, 11) is 0. The number of ether oxygens (including phenoxy) is 1. The summed E-state index contributed by atoms with van der Waals surface area (Å²) in [6.45, 7) is 7.35. The van der Waals surface area contributed by atoms with Crippen LogP contribution in [0.2, 0.25) is 0 Å². The highest BCUT2D eigenvalue weighted by Gasteiger charge is 2.63. The molecule has 0 amide bonds. The molecule has 2 N–H and O–H groups in total. The fraction of sp³-hybridized carbons (Fsp3) is 1.00. The van der Waals surface area contributed by atoms with E-state index in [1.807, 2.05) is 0 Å². The van der Waals surface area contributed by atoms with Crippen LogP contribution in [0.25, 0.3) is 0 Å². The third-order valence-electron chi connectivity index (χ3n) is 5.68. The Morgan fingerprint density at radius 3 is 2.11 bits per heavy atom. The van der Waals surface area contributed by atoms with Gasteiger partial charge in [-0.3, -0.25) is 0 Å². The van der Waals surface area contributed by atoms with Crippen molar-refractivity contribution in [3.05, 3.63) is 0 Å². The lowest BCUT2D eigenvalue weighted by Crippen LogP contribution is -2.66. The lowest BCUT2D eigenvalue weighted by molar-refractivity contribution is -0.272. The van der Waals surface area contributed by atoms with Gasteiger partial charge in [0.25, 0.3) is 0 Å². The Morgan fingerprint density at radius 2 is 1.63 bits per heavy atom. The third-order valence-corrected chi connectivity index (χ3v) is 5.68. The molecule has 4 rings (SSSR count). The summed E-state index contributed by atoms with van der Waals surface area (Å²) in [5, 5.41) is 21.4. The monoisotopic (exact) mass is 268 g/mol. The first-order chi connectivity index (χ1) is 8.67. The Kier molecular flexibility index (Phi) is 2.88. The van der Waals surface area contributed by atoms with Crippen LogP contribution < -0.4 is 0 Å². The summed E-state index contributed by atoms with van der Waals surface area (Å²) >= 11 is 0. The van der Waals surface area contributed by atoms with Crippen LogP contribution in [0.3, 0.4) is 0 Å². The lowest BCUT2D eigenvalue weighted by Gasteiger charge is -2.63. The first kappa shape index (κ1) is 13.8. The molecule has 4 bridgehead atoms. The van der Waals surface area contributed by atoms with Gasteiger partial charge in [0.2, 0.25) is 0 Å². The van der Waals surface area contributed by atoms with Gasteiger partial charge in [-0.1, -0.05) is 20.8 Å². The van der Waals surface area contributed by atoms with Crippen LogP contribution in [0, 0.1) is 11.3 Å². The summed E-state index contributed by atoms with van der Waals surface area (Å²) in [6, 6.07) is 0. The Bertz CT molecular complexity index is 358. The van der Waals surface area contributed by atoms with Crippen molar-refractivity contribution < 1.29 is 14.9 Å². The maximum absolute atomic E-state index is 10.7. The summed E-state index contributed by atoms with van der Waals surface area (Å²) in [4.78, 5) is 0. The highest BCUT2D eigenvalue weighted by molar-refractivity contribution is 5.15. The van der Waals surface area contributed by atoms with Crippen LogP contribution in [0.4, 0.5) is 0 Å². The predicted octanol–water partition coefficient (Wildman–Crippen LogP) is 2.64. The largest absolute Gasteiger partial charge is 0.390 e. The fourth-order valence-electron chi connectivity index (χ4n) is 4.86. The van der Waals surface area contributed by atoms with Gasteiger partial charge < -0.3 is 14.9 Å². The zero-order valence-electron chi connectivity index (χ0n) is 12.5. The van der Waals surface area contributed by atoms with Gasteiger partial charge in [-0.2, -0.15) is 0 Å². The topological polar surface area (TPSA) is 49.7 Å². The van der Waals surface area contributed by atoms with E-state index < -0.39 is 11.2 Å². The average molecular weight is 268 g/mol. The molecular weight excluding hydrogens is 240 g/mol. The predicted molar refractivity (Wildman–Crippen MR) is 73.8 cm³/mol. The zero-order valence-corrected chi connectivity index (χ0v) is 12.5. The van der Waals surface area contributed by atoms with Crippen LogP contribution >= 0.6 is 0 Å². The molecule has 2 unspecified atom stereocenters. The summed E-state index contributed by atoms with van der Waals surface area (Å²) < 4.78 is 6.31. The van der Waals surface area contributed by atoms with Gasteiger partial charge in [0, 0.05) is 19.3 Å². The molecule has 3 nitrogen and oxygen atoms in total. The maximum atomic E-state index is 10.7. The van der Waals surface area contributed by atoms with Crippen molar-refractivity contribution in [1.29, 1.82) is 0 Å². The smallest absolute Gasteiger partial charge is 0.0740 e. The number of rotatable bonds is 4. The van der Waals surface area contributed by atoms with Gasteiger partial charge >= 0.3 is 0 Å². The van der Waals surface area contributed by atoms with Crippen molar-refractivity contribution >= 4 is 0 Å². The molecule has 4 fully saturated rings. The Morgan fingerprint density at radius 1 is 1.05 bits per heavy atom. The van der Waals surface area contributed by atoms with E-state index in [2.05, 4.69) is 20.8 Å². The SMILES string of the molecule is CCC(C)(C)COC12CC3CC(O)(CC(O)(C3)C1)C2. The van der Waals surface area contributed by atoms with Crippen LogP contribution in [0.1, 0.15) is 65.7 Å². The third kappa shape index (κ3) is 2.45. The van der Waals surface area contributed by atoms with Crippen molar-refractivity contribution in [2.24, 2.45) is 11.3 Å². The van der Waals surface area contributed by atoms with Crippen molar-refractivity contribution in [3.8, 4) is 0 Å². The normalized spacial score (nSPS) is 48.8. The Balaban J connectivity index is 1.77. The quantitative estimate of drug-likeness (QED) is 0.824. The molecular formula is C16H28O3. The fourth-order valence-corrected chi connectivity index (χ4v) is 4.86. The molecule has 0 saturated heterocycles. The second-order valence-electron chi connectivity index (χ2n) is 8.45.